The zero-order chi connectivity index (χ0) is 12.1. The number of fused-ring (bicyclic) bond motifs is 5. The molecule has 2 aliphatic rings. The molecule has 1 saturated heterocycles. The van der Waals surface area contributed by atoms with Gasteiger partial charge in [-0.25, -0.2) is 0 Å². The number of nitrogens with zero attached hydrogens (tertiary/aromatic N) is 1. The molecule has 94 valence electrons. The zero-order valence-electron chi connectivity index (χ0n) is 10.9. The second-order valence-corrected chi connectivity index (χ2v) is 6.22. The molecule has 0 amide bonds. The first-order chi connectivity index (χ1) is 8.79. The third-order valence-corrected chi connectivity index (χ3v) is 4.69. The first-order valence-electron chi connectivity index (χ1n) is 7.06. The van der Waals surface area contributed by atoms with Crippen LogP contribution in [0.2, 0.25) is 0 Å². The predicted octanol–water partition coefficient (Wildman–Crippen LogP) is 2.83. The number of aromatic amines is 1. The average molecular weight is 240 g/mol. The Morgan fingerprint density at radius 1 is 1.11 bits per heavy atom. The first-order valence-corrected chi connectivity index (χ1v) is 7.06. The van der Waals surface area contributed by atoms with Gasteiger partial charge in [0.15, 0.2) is 0 Å². The van der Waals surface area contributed by atoms with E-state index in [1.165, 1.54) is 48.9 Å². The molecule has 2 atom stereocenters. The van der Waals surface area contributed by atoms with Crippen LogP contribution in [0.15, 0.2) is 24.3 Å². The number of hydrogen-bond acceptors (Lipinski definition) is 1. The van der Waals surface area contributed by atoms with Gasteiger partial charge in [0.25, 0.3) is 0 Å². The number of nitrogens with one attached hydrogen (secondary N) is 1. The van der Waals surface area contributed by atoms with Crippen molar-refractivity contribution in [3.63, 3.8) is 0 Å². The van der Waals surface area contributed by atoms with Crippen LogP contribution in [0.4, 0.5) is 0 Å². The SMILES string of the molecule is CN1CC2Cc3[nH]c4ccccc4c3CC(C2)C1. The second kappa shape index (κ2) is 3.86. The second-order valence-electron chi connectivity index (χ2n) is 6.22. The molecule has 0 saturated carbocycles. The van der Waals surface area contributed by atoms with Gasteiger partial charge >= 0.3 is 0 Å². The third kappa shape index (κ3) is 1.59. The Kier molecular flexibility index (Phi) is 2.28. The largest absolute Gasteiger partial charge is 0.358 e. The van der Waals surface area contributed by atoms with E-state index in [2.05, 4.69) is 41.2 Å². The lowest BCUT2D eigenvalue weighted by Crippen LogP contribution is -2.38. The lowest BCUT2D eigenvalue weighted by molar-refractivity contribution is 0.156. The number of para-hydroxylation sites is 1. The molecule has 1 fully saturated rings. The molecule has 2 heterocycles. The van der Waals surface area contributed by atoms with Gasteiger partial charge in [0, 0.05) is 29.7 Å². The molecule has 2 heteroatoms. The number of piperidine rings is 1. The highest BCUT2D eigenvalue weighted by Gasteiger charge is 2.31. The molecule has 1 aromatic heterocycles. The van der Waals surface area contributed by atoms with E-state index < -0.39 is 0 Å². The minimum Gasteiger partial charge on any atom is -0.358 e. The lowest BCUT2D eigenvalue weighted by Gasteiger charge is -2.33. The van der Waals surface area contributed by atoms with Gasteiger partial charge in [-0.15, -0.1) is 0 Å². The van der Waals surface area contributed by atoms with Crippen molar-refractivity contribution in [1.29, 1.82) is 0 Å². The fourth-order valence-electron chi connectivity index (χ4n) is 4.11. The molecular formula is C16H20N2. The van der Waals surface area contributed by atoms with E-state index in [-0.39, 0.29) is 0 Å². The van der Waals surface area contributed by atoms with Crippen molar-refractivity contribution in [3.05, 3.63) is 35.5 Å². The van der Waals surface area contributed by atoms with Gasteiger partial charge in [-0.2, -0.15) is 0 Å². The van der Waals surface area contributed by atoms with Crippen molar-refractivity contribution < 1.29 is 0 Å². The van der Waals surface area contributed by atoms with Gasteiger partial charge in [0.1, 0.15) is 0 Å². The molecule has 2 aromatic rings. The van der Waals surface area contributed by atoms with Crippen LogP contribution in [-0.2, 0) is 12.8 Å². The Balaban J connectivity index is 1.83. The fourth-order valence-corrected chi connectivity index (χ4v) is 4.11. The van der Waals surface area contributed by atoms with Crippen molar-refractivity contribution in [2.75, 3.05) is 20.1 Å². The summed E-state index contributed by atoms with van der Waals surface area (Å²) in [6.07, 6.45) is 3.92. The maximum atomic E-state index is 3.66. The molecular weight excluding hydrogens is 220 g/mol. The molecule has 0 radical (unpaired) electrons. The van der Waals surface area contributed by atoms with Crippen LogP contribution in [0.1, 0.15) is 17.7 Å². The smallest absolute Gasteiger partial charge is 0.0458 e. The van der Waals surface area contributed by atoms with Gasteiger partial charge in [-0.1, -0.05) is 18.2 Å². The Hall–Kier alpha value is -1.28. The van der Waals surface area contributed by atoms with Crippen LogP contribution in [0, 0.1) is 11.8 Å². The fraction of sp³-hybridized carbons (Fsp3) is 0.500. The number of H-pyrrole nitrogens is 1. The van der Waals surface area contributed by atoms with Crippen LogP contribution in [0.3, 0.4) is 0 Å². The molecule has 1 N–H and O–H groups in total. The maximum absolute atomic E-state index is 3.66. The zero-order valence-corrected chi connectivity index (χ0v) is 10.9. The summed E-state index contributed by atoms with van der Waals surface area (Å²) in [7, 11) is 2.27. The number of rotatable bonds is 0. The van der Waals surface area contributed by atoms with E-state index >= 15 is 0 Å². The molecule has 18 heavy (non-hydrogen) atoms. The third-order valence-electron chi connectivity index (χ3n) is 4.69. The van der Waals surface area contributed by atoms with Gasteiger partial charge in [-0.3, -0.25) is 0 Å². The topological polar surface area (TPSA) is 19.0 Å². The summed E-state index contributed by atoms with van der Waals surface area (Å²) in [6.45, 7) is 2.54. The summed E-state index contributed by atoms with van der Waals surface area (Å²) < 4.78 is 0. The average Bonchev–Trinajstić information content (AvgIpc) is 2.61. The molecule has 2 nitrogen and oxygen atoms in total. The van der Waals surface area contributed by atoms with E-state index in [0.717, 1.165) is 11.8 Å². The summed E-state index contributed by atoms with van der Waals surface area (Å²) >= 11 is 0. The molecule has 1 aliphatic carbocycles. The van der Waals surface area contributed by atoms with E-state index in [1.54, 1.807) is 5.56 Å². The van der Waals surface area contributed by atoms with Crippen molar-refractivity contribution in [1.82, 2.24) is 9.88 Å². The highest BCUT2D eigenvalue weighted by molar-refractivity contribution is 5.84. The van der Waals surface area contributed by atoms with Gasteiger partial charge in [0.05, 0.1) is 0 Å². The molecule has 2 bridgehead atoms. The quantitative estimate of drug-likeness (QED) is 0.750. The summed E-state index contributed by atoms with van der Waals surface area (Å²) in [5.41, 5.74) is 4.45. The Bertz CT molecular complexity index is 584. The number of hydrogen-bond donors (Lipinski definition) is 1. The standard InChI is InChI=1S/C16H20N2/c1-18-9-11-6-12(10-18)8-16-14(7-11)13-4-2-3-5-15(13)17-16/h2-5,11-12,17H,6-10H2,1H3. The normalized spacial score (nSPS) is 28.1. The summed E-state index contributed by atoms with van der Waals surface area (Å²) in [6, 6.07) is 8.79. The van der Waals surface area contributed by atoms with Gasteiger partial charge < -0.3 is 9.88 Å². The van der Waals surface area contributed by atoms with Crippen molar-refractivity contribution in [3.8, 4) is 0 Å². The maximum Gasteiger partial charge on any atom is 0.0458 e. The monoisotopic (exact) mass is 240 g/mol. The number of benzene rings is 1. The Morgan fingerprint density at radius 2 is 1.89 bits per heavy atom. The Labute approximate surface area is 108 Å². The molecule has 4 rings (SSSR count). The van der Waals surface area contributed by atoms with Crippen LogP contribution < -0.4 is 0 Å². The van der Waals surface area contributed by atoms with E-state index in [0.29, 0.717) is 0 Å². The van der Waals surface area contributed by atoms with E-state index in [9.17, 15) is 0 Å². The summed E-state index contributed by atoms with van der Waals surface area (Å²) in [4.78, 5) is 6.19. The molecule has 2 unspecified atom stereocenters. The van der Waals surface area contributed by atoms with Crippen LogP contribution in [0.5, 0.6) is 0 Å². The number of aromatic nitrogens is 1. The molecule has 1 aromatic carbocycles. The summed E-state index contributed by atoms with van der Waals surface area (Å²) in [5, 5.41) is 1.46. The highest BCUT2D eigenvalue weighted by atomic mass is 15.1. The van der Waals surface area contributed by atoms with Crippen LogP contribution in [0.25, 0.3) is 10.9 Å². The minimum absolute atomic E-state index is 0.850. The lowest BCUT2D eigenvalue weighted by atomic mass is 9.87. The first kappa shape index (κ1) is 10.6. The number of likely N-dealkylation sites (tertiary alicyclic amines) is 1. The van der Waals surface area contributed by atoms with Crippen molar-refractivity contribution in [2.24, 2.45) is 11.8 Å². The van der Waals surface area contributed by atoms with Crippen LogP contribution >= 0.6 is 0 Å². The van der Waals surface area contributed by atoms with Crippen molar-refractivity contribution in [2.45, 2.75) is 19.3 Å². The van der Waals surface area contributed by atoms with E-state index in [1.807, 2.05) is 0 Å². The van der Waals surface area contributed by atoms with Crippen molar-refractivity contribution >= 4 is 10.9 Å². The van der Waals surface area contributed by atoms with Gasteiger partial charge in [0.2, 0.25) is 0 Å². The van der Waals surface area contributed by atoms with E-state index in [4.69, 9.17) is 0 Å². The predicted molar refractivity (Wildman–Crippen MR) is 74.8 cm³/mol. The van der Waals surface area contributed by atoms with Gasteiger partial charge in [-0.05, 0) is 49.8 Å². The molecule has 1 aliphatic heterocycles. The minimum atomic E-state index is 0.850. The van der Waals surface area contributed by atoms with Crippen LogP contribution in [-0.4, -0.2) is 30.0 Å². The highest BCUT2D eigenvalue weighted by Crippen LogP contribution is 2.35. The molecule has 0 spiro atoms. The Morgan fingerprint density at radius 3 is 2.78 bits per heavy atom. The summed E-state index contributed by atoms with van der Waals surface area (Å²) in [5.74, 6) is 1.71.